The van der Waals surface area contributed by atoms with Crippen LogP contribution in [0.15, 0.2) is 66.9 Å². The van der Waals surface area contributed by atoms with Crippen molar-refractivity contribution in [3.05, 3.63) is 78.5 Å². The van der Waals surface area contributed by atoms with Crippen molar-refractivity contribution in [2.45, 2.75) is 0 Å². The second-order valence-electron chi connectivity index (χ2n) is 7.20. The molecule has 0 amide bonds. The van der Waals surface area contributed by atoms with Gasteiger partial charge < -0.3 is 9.30 Å². The Balaban J connectivity index is 1.89. The molecule has 1 aromatic heterocycles. The maximum absolute atomic E-state index is 14.4. The summed E-state index contributed by atoms with van der Waals surface area (Å²) in [6.07, 6.45) is 2.98. The first-order chi connectivity index (χ1) is 14.7. The lowest BCUT2D eigenvalue weighted by Gasteiger charge is -2.17. The minimum atomic E-state index is -3.42. The fourth-order valence-electron chi connectivity index (χ4n) is 3.45. The first kappa shape index (κ1) is 20.9. The summed E-state index contributed by atoms with van der Waals surface area (Å²) >= 11 is 0. The molecule has 3 aromatic carbocycles. The van der Waals surface area contributed by atoms with Gasteiger partial charge in [-0.3, -0.25) is 4.31 Å². The number of fused-ring (bicyclic) bond motifs is 1. The smallest absolute Gasteiger partial charge is 0.231 e. The molecule has 0 radical (unpaired) electrons. The van der Waals surface area contributed by atoms with E-state index >= 15 is 0 Å². The van der Waals surface area contributed by atoms with Gasteiger partial charge >= 0.3 is 0 Å². The average Bonchev–Trinajstić information content (AvgIpc) is 3.15. The van der Waals surface area contributed by atoms with Gasteiger partial charge in [0.2, 0.25) is 10.0 Å². The summed E-state index contributed by atoms with van der Waals surface area (Å²) in [6, 6.07) is 15.9. The number of hydrogen-bond donors (Lipinski definition) is 0. The van der Waals surface area contributed by atoms with E-state index < -0.39 is 21.7 Å². The molecule has 0 unspecified atom stereocenters. The molecule has 8 heteroatoms. The summed E-state index contributed by atoms with van der Waals surface area (Å²) in [7, 11) is -0.413. The van der Waals surface area contributed by atoms with Crippen LogP contribution in [-0.2, 0) is 10.0 Å². The molecule has 0 aliphatic heterocycles. The number of benzene rings is 3. The number of anilines is 1. The quantitative estimate of drug-likeness (QED) is 0.438. The molecule has 0 aliphatic carbocycles. The maximum atomic E-state index is 14.4. The van der Waals surface area contributed by atoms with E-state index in [0.717, 1.165) is 23.2 Å². The highest BCUT2D eigenvalue weighted by molar-refractivity contribution is 7.92. The zero-order chi connectivity index (χ0) is 22.3. The lowest BCUT2D eigenvalue weighted by atomic mass is 10.0. The van der Waals surface area contributed by atoms with Crippen molar-refractivity contribution in [3.8, 4) is 22.6 Å². The van der Waals surface area contributed by atoms with Gasteiger partial charge in [-0.25, -0.2) is 17.2 Å². The van der Waals surface area contributed by atoms with Crippen molar-refractivity contribution in [2.75, 3.05) is 24.7 Å². The number of methoxy groups -OCH3 is 1. The van der Waals surface area contributed by atoms with Crippen molar-refractivity contribution < 1.29 is 21.9 Å². The largest absolute Gasteiger partial charge is 0.497 e. The number of ether oxygens (including phenoxy) is 1. The molecule has 0 saturated heterocycles. The minimum Gasteiger partial charge on any atom is -0.497 e. The van der Waals surface area contributed by atoms with Crippen LogP contribution in [0.25, 0.3) is 27.7 Å². The molecule has 0 aliphatic rings. The van der Waals surface area contributed by atoms with Crippen LogP contribution >= 0.6 is 0 Å². The number of rotatable bonds is 5. The summed E-state index contributed by atoms with van der Waals surface area (Å²) < 4.78 is 60.1. The van der Waals surface area contributed by atoms with Crippen LogP contribution in [-0.4, -0.2) is 33.4 Å². The number of halogens is 2. The molecule has 31 heavy (non-hydrogen) atoms. The minimum absolute atomic E-state index is 0.246. The van der Waals surface area contributed by atoms with Crippen molar-refractivity contribution in [3.63, 3.8) is 0 Å². The summed E-state index contributed by atoms with van der Waals surface area (Å²) in [5, 5.41) is 0.906. The number of nitrogens with zero attached hydrogens (tertiary/aromatic N) is 2. The third-order valence-corrected chi connectivity index (χ3v) is 6.39. The Hall–Kier alpha value is -3.39. The molecule has 0 bridgehead atoms. The number of aromatic nitrogens is 1. The van der Waals surface area contributed by atoms with Gasteiger partial charge in [0.15, 0.2) is 0 Å². The van der Waals surface area contributed by atoms with Crippen LogP contribution in [0.2, 0.25) is 0 Å². The van der Waals surface area contributed by atoms with Crippen LogP contribution < -0.4 is 9.04 Å². The Morgan fingerprint density at radius 3 is 2.42 bits per heavy atom. The Kier molecular flexibility index (Phi) is 5.18. The van der Waals surface area contributed by atoms with E-state index in [4.69, 9.17) is 4.74 Å². The zero-order valence-corrected chi connectivity index (χ0v) is 18.0. The van der Waals surface area contributed by atoms with Gasteiger partial charge in [0.1, 0.15) is 17.4 Å². The van der Waals surface area contributed by atoms with Crippen molar-refractivity contribution in [2.24, 2.45) is 0 Å². The second-order valence-corrected chi connectivity index (χ2v) is 9.22. The highest BCUT2D eigenvalue weighted by Gasteiger charge is 2.15. The fourth-order valence-corrected chi connectivity index (χ4v) is 3.95. The first-order valence-electron chi connectivity index (χ1n) is 9.37. The standard InChI is InChI=1S/C23H20F2N2O3S/c1-26(31(3,28)29)18-6-4-15-8-9-27(23(15)14-18)19-10-16(11-20(13-19)30-2)21-7-5-17(24)12-22(21)25/h4-14H,1-3H3. The van der Waals surface area contributed by atoms with Gasteiger partial charge in [-0.15, -0.1) is 0 Å². The molecular formula is C23H20F2N2O3S. The SMILES string of the molecule is COc1cc(-c2ccc(F)cc2F)cc(-n2ccc3ccc(N(C)S(C)(=O)=O)cc32)c1. The van der Waals surface area contributed by atoms with E-state index in [1.54, 1.807) is 30.3 Å². The Bertz CT molecular complexity index is 1400. The predicted molar refractivity (Wildman–Crippen MR) is 118 cm³/mol. The van der Waals surface area contributed by atoms with Crippen molar-refractivity contribution in [1.82, 2.24) is 4.57 Å². The third-order valence-electron chi connectivity index (χ3n) is 5.19. The van der Waals surface area contributed by atoms with Gasteiger partial charge in [0.05, 0.1) is 24.6 Å². The second kappa shape index (κ2) is 7.70. The van der Waals surface area contributed by atoms with Gasteiger partial charge in [-0.2, -0.15) is 0 Å². The predicted octanol–water partition coefficient (Wildman–Crippen LogP) is 4.98. The molecule has 0 spiro atoms. The molecule has 0 atom stereocenters. The van der Waals surface area contributed by atoms with E-state index in [9.17, 15) is 17.2 Å². The molecule has 5 nitrogen and oxygen atoms in total. The monoisotopic (exact) mass is 442 g/mol. The Morgan fingerprint density at radius 2 is 1.74 bits per heavy atom. The summed E-state index contributed by atoms with van der Waals surface area (Å²) in [5.41, 5.74) is 2.75. The van der Waals surface area contributed by atoms with Gasteiger partial charge in [-0.05, 0) is 48.0 Å². The maximum Gasteiger partial charge on any atom is 0.231 e. The van der Waals surface area contributed by atoms with E-state index in [-0.39, 0.29) is 5.56 Å². The van der Waals surface area contributed by atoms with Gasteiger partial charge in [0.25, 0.3) is 0 Å². The molecule has 4 aromatic rings. The van der Waals surface area contributed by atoms with Gasteiger partial charge in [0, 0.05) is 42.0 Å². The number of hydrogen-bond acceptors (Lipinski definition) is 3. The zero-order valence-electron chi connectivity index (χ0n) is 17.1. The first-order valence-corrected chi connectivity index (χ1v) is 11.2. The highest BCUT2D eigenvalue weighted by Crippen LogP contribution is 2.32. The normalized spacial score (nSPS) is 11.6. The van der Waals surface area contributed by atoms with Crippen LogP contribution in [0.5, 0.6) is 5.75 Å². The van der Waals surface area contributed by atoms with Gasteiger partial charge in [-0.1, -0.05) is 6.07 Å². The number of sulfonamides is 1. The molecule has 160 valence electrons. The molecule has 0 fully saturated rings. The average molecular weight is 442 g/mol. The summed E-state index contributed by atoms with van der Waals surface area (Å²) in [4.78, 5) is 0. The van der Waals surface area contributed by atoms with E-state index in [2.05, 4.69) is 0 Å². The van der Waals surface area contributed by atoms with Crippen molar-refractivity contribution >= 4 is 26.6 Å². The summed E-state index contributed by atoms with van der Waals surface area (Å²) in [5.74, 6) is -0.820. The topological polar surface area (TPSA) is 51.5 Å². The lowest BCUT2D eigenvalue weighted by Crippen LogP contribution is -2.24. The molecule has 1 heterocycles. The van der Waals surface area contributed by atoms with Crippen LogP contribution in [0.4, 0.5) is 14.5 Å². The van der Waals surface area contributed by atoms with E-state index in [0.29, 0.717) is 22.7 Å². The lowest BCUT2D eigenvalue weighted by molar-refractivity contribution is 0.415. The summed E-state index contributed by atoms with van der Waals surface area (Å²) in [6.45, 7) is 0. The Morgan fingerprint density at radius 1 is 0.968 bits per heavy atom. The fraction of sp³-hybridized carbons (Fsp3) is 0.130. The van der Waals surface area contributed by atoms with Crippen molar-refractivity contribution in [1.29, 1.82) is 0 Å². The third kappa shape index (κ3) is 3.98. The Labute approximate surface area is 179 Å². The molecular weight excluding hydrogens is 422 g/mol. The molecule has 0 saturated carbocycles. The van der Waals surface area contributed by atoms with Crippen LogP contribution in [0, 0.1) is 11.6 Å². The van der Waals surface area contributed by atoms with Crippen LogP contribution in [0.3, 0.4) is 0 Å². The van der Waals surface area contributed by atoms with E-state index in [1.807, 2.05) is 22.9 Å². The van der Waals surface area contributed by atoms with E-state index in [1.165, 1.54) is 30.6 Å². The van der Waals surface area contributed by atoms with Crippen LogP contribution in [0.1, 0.15) is 0 Å². The molecule has 4 rings (SSSR count). The highest BCUT2D eigenvalue weighted by atomic mass is 32.2. The molecule has 0 N–H and O–H groups in total.